The van der Waals surface area contributed by atoms with E-state index in [1.54, 1.807) is 11.6 Å². The van der Waals surface area contributed by atoms with Crippen LogP contribution in [0.15, 0.2) is 30.3 Å². The van der Waals surface area contributed by atoms with Crippen LogP contribution < -0.4 is 0 Å². The number of benzene rings is 1. The first-order valence-electron chi connectivity index (χ1n) is 7.64. The number of aryl methyl sites for hydroxylation is 1. The van der Waals surface area contributed by atoms with Gasteiger partial charge in [0.15, 0.2) is 0 Å². The number of tetrazole rings is 1. The molecule has 6 heteroatoms. The van der Waals surface area contributed by atoms with Crippen LogP contribution in [0.25, 0.3) is 0 Å². The van der Waals surface area contributed by atoms with E-state index in [2.05, 4.69) is 46.7 Å². The second-order valence-corrected chi connectivity index (χ2v) is 6.23. The number of hydrogen-bond acceptors (Lipinski definition) is 4. The minimum Gasteiger partial charge on any atom is -0.340 e. The largest absolute Gasteiger partial charge is 0.340 e. The fraction of sp³-hybridized carbons (Fsp3) is 0.500. The number of amides is 1. The van der Waals surface area contributed by atoms with Gasteiger partial charge in [0.1, 0.15) is 12.4 Å². The number of nitrogens with zero attached hydrogens (tertiary/aromatic N) is 5. The van der Waals surface area contributed by atoms with Crippen molar-refractivity contribution in [2.45, 2.75) is 38.6 Å². The minimum absolute atomic E-state index is 0.0187. The molecule has 1 saturated heterocycles. The van der Waals surface area contributed by atoms with E-state index in [9.17, 15) is 4.79 Å². The van der Waals surface area contributed by atoms with E-state index < -0.39 is 0 Å². The van der Waals surface area contributed by atoms with Gasteiger partial charge in [0, 0.05) is 18.5 Å². The van der Waals surface area contributed by atoms with Gasteiger partial charge in [-0.1, -0.05) is 37.3 Å². The van der Waals surface area contributed by atoms with Crippen molar-refractivity contribution in [3.8, 4) is 0 Å². The maximum Gasteiger partial charge on any atom is 0.244 e. The maximum absolute atomic E-state index is 12.5. The second kappa shape index (κ2) is 5.87. The molecule has 1 atom stereocenters. The van der Waals surface area contributed by atoms with Crippen molar-refractivity contribution in [2.24, 2.45) is 0 Å². The SMILES string of the molecule is Cc1nnnn1CC(=O)N1CCCC(C)(c2ccccc2)C1. The lowest BCUT2D eigenvalue weighted by Gasteiger charge is -2.41. The summed E-state index contributed by atoms with van der Waals surface area (Å²) in [4.78, 5) is 14.5. The Kier molecular flexibility index (Phi) is 3.92. The van der Waals surface area contributed by atoms with Crippen LogP contribution in [0.5, 0.6) is 0 Å². The average molecular weight is 299 g/mol. The topological polar surface area (TPSA) is 63.9 Å². The van der Waals surface area contributed by atoms with E-state index >= 15 is 0 Å². The standard InChI is InChI=1S/C16H21N5O/c1-13-17-18-19-21(13)11-15(22)20-10-6-9-16(2,12-20)14-7-4-3-5-8-14/h3-5,7-8H,6,9-12H2,1-2H3. The molecule has 1 aromatic heterocycles. The third-order valence-electron chi connectivity index (χ3n) is 4.52. The molecule has 1 fully saturated rings. The maximum atomic E-state index is 12.5. The first kappa shape index (κ1) is 14.7. The second-order valence-electron chi connectivity index (χ2n) is 6.23. The zero-order valence-electron chi connectivity index (χ0n) is 13.1. The molecular formula is C16H21N5O. The first-order valence-corrected chi connectivity index (χ1v) is 7.64. The molecule has 1 unspecified atom stereocenters. The van der Waals surface area contributed by atoms with Crippen LogP contribution in [-0.4, -0.2) is 44.1 Å². The predicted molar refractivity (Wildman–Crippen MR) is 82.2 cm³/mol. The van der Waals surface area contributed by atoms with E-state index in [0.29, 0.717) is 5.82 Å². The van der Waals surface area contributed by atoms with E-state index in [1.165, 1.54) is 5.56 Å². The highest BCUT2D eigenvalue weighted by Crippen LogP contribution is 2.33. The zero-order valence-corrected chi connectivity index (χ0v) is 13.1. The van der Waals surface area contributed by atoms with Crippen LogP contribution >= 0.6 is 0 Å². The molecule has 2 heterocycles. The smallest absolute Gasteiger partial charge is 0.244 e. The molecule has 1 aliphatic heterocycles. The van der Waals surface area contributed by atoms with Gasteiger partial charge in [0.2, 0.25) is 5.91 Å². The van der Waals surface area contributed by atoms with E-state index in [4.69, 9.17) is 0 Å². The van der Waals surface area contributed by atoms with Crippen LogP contribution in [0.3, 0.4) is 0 Å². The quantitative estimate of drug-likeness (QED) is 0.863. The molecule has 0 aliphatic carbocycles. The molecule has 0 saturated carbocycles. The number of aromatic nitrogens is 4. The Morgan fingerprint density at radius 2 is 2.09 bits per heavy atom. The van der Waals surface area contributed by atoms with E-state index in [1.807, 2.05) is 11.0 Å². The van der Waals surface area contributed by atoms with Gasteiger partial charge in [-0.2, -0.15) is 0 Å². The third-order valence-corrected chi connectivity index (χ3v) is 4.52. The highest BCUT2D eigenvalue weighted by Gasteiger charge is 2.34. The molecule has 1 aliphatic rings. The summed E-state index contributed by atoms with van der Waals surface area (Å²) in [7, 11) is 0. The summed E-state index contributed by atoms with van der Waals surface area (Å²) in [5, 5.41) is 11.3. The van der Waals surface area contributed by atoms with Gasteiger partial charge in [-0.25, -0.2) is 4.68 Å². The predicted octanol–water partition coefficient (Wildman–Crippen LogP) is 1.56. The monoisotopic (exact) mass is 299 g/mol. The van der Waals surface area contributed by atoms with Crippen LogP contribution in [0, 0.1) is 6.92 Å². The third kappa shape index (κ3) is 2.86. The van der Waals surface area contributed by atoms with Crippen molar-refractivity contribution in [3.05, 3.63) is 41.7 Å². The van der Waals surface area contributed by atoms with Gasteiger partial charge in [-0.3, -0.25) is 4.79 Å². The molecule has 6 nitrogen and oxygen atoms in total. The fourth-order valence-electron chi connectivity index (χ4n) is 3.15. The van der Waals surface area contributed by atoms with Crippen molar-refractivity contribution in [1.82, 2.24) is 25.1 Å². The molecule has 0 spiro atoms. The van der Waals surface area contributed by atoms with Crippen molar-refractivity contribution in [3.63, 3.8) is 0 Å². The van der Waals surface area contributed by atoms with Crippen LogP contribution in [0.2, 0.25) is 0 Å². The summed E-state index contributed by atoms with van der Waals surface area (Å²) >= 11 is 0. The minimum atomic E-state index is 0.0187. The number of piperidine rings is 1. The number of likely N-dealkylation sites (tertiary alicyclic amines) is 1. The summed E-state index contributed by atoms with van der Waals surface area (Å²) in [6.45, 7) is 5.81. The highest BCUT2D eigenvalue weighted by atomic mass is 16.2. The van der Waals surface area contributed by atoms with Crippen molar-refractivity contribution >= 4 is 5.91 Å². The van der Waals surface area contributed by atoms with Crippen molar-refractivity contribution in [2.75, 3.05) is 13.1 Å². The summed E-state index contributed by atoms with van der Waals surface area (Å²) in [5.74, 6) is 0.744. The van der Waals surface area contributed by atoms with Gasteiger partial charge in [0.25, 0.3) is 0 Å². The van der Waals surface area contributed by atoms with Crippen molar-refractivity contribution < 1.29 is 4.79 Å². The molecule has 22 heavy (non-hydrogen) atoms. The molecule has 1 amide bonds. The molecule has 0 bridgehead atoms. The Bertz CT molecular complexity index is 654. The molecule has 1 aromatic carbocycles. The summed E-state index contributed by atoms with van der Waals surface area (Å²) in [5.41, 5.74) is 1.32. The molecule has 3 rings (SSSR count). The molecule has 0 N–H and O–H groups in total. The number of carbonyl (C=O) groups is 1. The molecule has 0 radical (unpaired) electrons. The Morgan fingerprint density at radius 3 is 2.77 bits per heavy atom. The highest BCUT2D eigenvalue weighted by molar-refractivity contribution is 5.76. The van der Waals surface area contributed by atoms with Gasteiger partial charge in [-0.05, 0) is 35.8 Å². The zero-order chi connectivity index (χ0) is 15.6. The molecular weight excluding hydrogens is 278 g/mol. The Labute approximate surface area is 130 Å². The number of hydrogen-bond donors (Lipinski definition) is 0. The van der Waals surface area contributed by atoms with E-state index in [0.717, 1.165) is 25.9 Å². The number of rotatable bonds is 3. The lowest BCUT2D eigenvalue weighted by atomic mass is 9.76. The lowest BCUT2D eigenvalue weighted by molar-refractivity contribution is -0.134. The van der Waals surface area contributed by atoms with Gasteiger partial charge >= 0.3 is 0 Å². The number of carbonyl (C=O) groups excluding carboxylic acids is 1. The van der Waals surface area contributed by atoms with Gasteiger partial charge in [0.05, 0.1) is 0 Å². The summed E-state index contributed by atoms with van der Waals surface area (Å²) in [6.07, 6.45) is 2.12. The van der Waals surface area contributed by atoms with Gasteiger partial charge < -0.3 is 4.90 Å². The normalized spacial score (nSPS) is 21.8. The molecule has 2 aromatic rings. The summed E-state index contributed by atoms with van der Waals surface area (Å²) < 4.78 is 1.55. The van der Waals surface area contributed by atoms with Crippen LogP contribution in [0.1, 0.15) is 31.2 Å². The Balaban J connectivity index is 1.73. The fourth-order valence-corrected chi connectivity index (χ4v) is 3.15. The first-order chi connectivity index (χ1) is 10.6. The lowest BCUT2D eigenvalue weighted by Crippen LogP contribution is -2.48. The van der Waals surface area contributed by atoms with Crippen molar-refractivity contribution in [1.29, 1.82) is 0 Å². The average Bonchev–Trinajstić information content (AvgIpc) is 2.93. The van der Waals surface area contributed by atoms with Crippen LogP contribution in [0.4, 0.5) is 0 Å². The van der Waals surface area contributed by atoms with Gasteiger partial charge in [-0.15, -0.1) is 5.10 Å². The Hall–Kier alpha value is -2.24. The molecule has 116 valence electrons. The summed E-state index contributed by atoms with van der Waals surface area (Å²) in [6, 6.07) is 10.5. The Morgan fingerprint density at radius 1 is 1.32 bits per heavy atom. The van der Waals surface area contributed by atoms with Crippen LogP contribution in [-0.2, 0) is 16.8 Å². The van der Waals surface area contributed by atoms with E-state index in [-0.39, 0.29) is 17.9 Å².